The number of hydrogen-bond acceptors (Lipinski definition) is 3. The summed E-state index contributed by atoms with van der Waals surface area (Å²) < 4.78 is 0. The van der Waals surface area contributed by atoms with Crippen molar-refractivity contribution in [2.75, 3.05) is 5.75 Å². The van der Waals surface area contributed by atoms with Gasteiger partial charge < -0.3 is 4.79 Å². The summed E-state index contributed by atoms with van der Waals surface area (Å²) in [7, 11) is 0. The maximum absolute atomic E-state index is 9.38. The fraction of sp³-hybridized carbons (Fsp3) is 0.333. The molecule has 0 unspecified atom stereocenters. The van der Waals surface area contributed by atoms with E-state index in [2.05, 4.69) is 0 Å². The van der Waals surface area contributed by atoms with E-state index >= 15 is 0 Å². The van der Waals surface area contributed by atoms with Gasteiger partial charge in [0.2, 0.25) is 0 Å². The highest BCUT2D eigenvalue weighted by Crippen LogP contribution is 1.85. The van der Waals surface area contributed by atoms with Gasteiger partial charge in [-0.3, -0.25) is 4.79 Å². The van der Waals surface area contributed by atoms with Crippen LogP contribution in [0.25, 0.3) is 0 Å². The smallest absolute Gasteiger partial charge is 0.176 e. The van der Waals surface area contributed by atoms with Crippen LogP contribution in [-0.4, -0.2) is 17.7 Å². The molecule has 0 saturated heterocycles. The van der Waals surface area contributed by atoms with E-state index in [1.165, 1.54) is 0 Å². The Balaban J connectivity index is 2.66. The maximum atomic E-state index is 9.38. The fourth-order valence-electron chi connectivity index (χ4n) is 0.0786. The molecule has 0 aromatic heterocycles. The van der Waals surface area contributed by atoms with E-state index in [1.54, 1.807) is 0 Å². The molecule has 6 heavy (non-hydrogen) atoms. The number of thioether (sulfide) groups is 1. The first-order chi connectivity index (χ1) is 2.91. The quantitative estimate of drug-likeness (QED) is 0.376. The van der Waals surface area contributed by atoms with Crippen LogP contribution in [0.15, 0.2) is 0 Å². The molecular weight excluding hydrogens is 100 g/mol. The standard InChI is InChI=1S/C3H4O2S/c4-1-2-6-3-5/h1,3H,2H2. The molecule has 3 heteroatoms. The summed E-state index contributed by atoms with van der Waals surface area (Å²) >= 11 is 0.959. The van der Waals surface area contributed by atoms with E-state index in [0.29, 0.717) is 11.9 Å². The second-order valence-corrected chi connectivity index (χ2v) is 1.46. The topological polar surface area (TPSA) is 34.1 Å². The minimum atomic E-state index is 0.281. The van der Waals surface area contributed by atoms with Gasteiger partial charge in [0.05, 0.1) is 5.75 Å². The Morgan fingerprint density at radius 2 is 2.17 bits per heavy atom. The predicted octanol–water partition coefficient (Wildman–Crippen LogP) is 0.109. The Labute approximate surface area is 39.9 Å². The normalized spacial score (nSPS) is 7.33. The second-order valence-electron chi connectivity index (χ2n) is 0.596. The third-order valence-electron chi connectivity index (χ3n) is 0.232. The molecule has 0 spiro atoms. The van der Waals surface area contributed by atoms with Crippen molar-refractivity contribution < 1.29 is 9.59 Å². The van der Waals surface area contributed by atoms with Crippen molar-refractivity contribution >= 4 is 23.7 Å². The van der Waals surface area contributed by atoms with Crippen LogP contribution in [0.1, 0.15) is 0 Å². The Morgan fingerprint density at radius 1 is 1.50 bits per heavy atom. The van der Waals surface area contributed by atoms with Gasteiger partial charge in [0.25, 0.3) is 0 Å². The Bertz CT molecular complexity index is 44.8. The average molecular weight is 104 g/mol. The summed E-state index contributed by atoms with van der Waals surface area (Å²) in [5.74, 6) is 0.281. The van der Waals surface area contributed by atoms with Crippen molar-refractivity contribution in [2.24, 2.45) is 0 Å². The van der Waals surface area contributed by atoms with Crippen LogP contribution < -0.4 is 0 Å². The zero-order valence-corrected chi connectivity index (χ0v) is 3.90. The van der Waals surface area contributed by atoms with Crippen molar-refractivity contribution in [3.63, 3.8) is 0 Å². The van der Waals surface area contributed by atoms with Crippen LogP contribution in [0.4, 0.5) is 0 Å². The number of carbonyl (C=O) groups excluding carboxylic acids is 2. The van der Waals surface area contributed by atoms with Gasteiger partial charge in [0, 0.05) is 0 Å². The molecule has 34 valence electrons. The highest BCUT2D eigenvalue weighted by Gasteiger charge is 1.74. The lowest BCUT2D eigenvalue weighted by atomic mass is 10.9. The molecular formula is C3H4O2S. The van der Waals surface area contributed by atoms with Crippen LogP contribution in [0.2, 0.25) is 0 Å². The van der Waals surface area contributed by atoms with Gasteiger partial charge in [-0.25, -0.2) is 0 Å². The largest absolute Gasteiger partial charge is 0.302 e. The van der Waals surface area contributed by atoms with E-state index in [4.69, 9.17) is 0 Å². The van der Waals surface area contributed by atoms with E-state index < -0.39 is 0 Å². The molecule has 0 aliphatic carbocycles. The molecule has 0 aliphatic heterocycles. The van der Waals surface area contributed by atoms with Crippen LogP contribution in [0.3, 0.4) is 0 Å². The van der Waals surface area contributed by atoms with E-state index in [1.807, 2.05) is 0 Å². The van der Waals surface area contributed by atoms with Gasteiger partial charge in [-0.15, -0.1) is 0 Å². The molecule has 0 aromatic rings. The lowest BCUT2D eigenvalue weighted by Crippen LogP contribution is -1.74. The van der Waals surface area contributed by atoms with Gasteiger partial charge >= 0.3 is 0 Å². The predicted molar refractivity (Wildman–Crippen MR) is 25.3 cm³/mol. The molecule has 0 saturated carbocycles. The van der Waals surface area contributed by atoms with E-state index in [0.717, 1.165) is 11.8 Å². The molecule has 0 fully saturated rings. The van der Waals surface area contributed by atoms with Crippen molar-refractivity contribution in [1.82, 2.24) is 0 Å². The number of aldehydes is 1. The molecule has 0 aliphatic rings. The van der Waals surface area contributed by atoms with Gasteiger partial charge in [-0.05, 0) is 0 Å². The zero-order valence-electron chi connectivity index (χ0n) is 3.09. The van der Waals surface area contributed by atoms with Crippen molar-refractivity contribution in [3.05, 3.63) is 0 Å². The number of carbonyl (C=O) groups is 2. The van der Waals surface area contributed by atoms with E-state index in [-0.39, 0.29) is 5.75 Å². The van der Waals surface area contributed by atoms with Gasteiger partial charge in [0.1, 0.15) is 6.29 Å². The Kier molecular flexibility index (Phi) is 4.45. The molecule has 0 rings (SSSR count). The average Bonchev–Trinajstić information content (AvgIpc) is 1.61. The molecule has 0 amide bonds. The number of rotatable bonds is 3. The summed E-state index contributed by atoms with van der Waals surface area (Å²) in [6, 6.07) is 0. The highest BCUT2D eigenvalue weighted by atomic mass is 32.2. The molecule has 2 nitrogen and oxygen atoms in total. The fourth-order valence-corrected chi connectivity index (χ4v) is 0.236. The highest BCUT2D eigenvalue weighted by molar-refractivity contribution is 8.12. The first-order valence-corrected chi connectivity index (χ1v) is 2.45. The molecule has 0 aromatic carbocycles. The second kappa shape index (κ2) is 4.69. The third kappa shape index (κ3) is 3.69. The maximum Gasteiger partial charge on any atom is 0.176 e. The van der Waals surface area contributed by atoms with Gasteiger partial charge in [0.15, 0.2) is 5.62 Å². The third-order valence-corrected chi connectivity index (χ3v) is 0.697. The monoisotopic (exact) mass is 104 g/mol. The summed E-state index contributed by atoms with van der Waals surface area (Å²) in [5.41, 5.74) is 0.647. The zero-order chi connectivity index (χ0) is 4.83. The molecule has 0 heterocycles. The summed E-state index contributed by atoms with van der Waals surface area (Å²) in [4.78, 5) is 18.8. The van der Waals surface area contributed by atoms with Gasteiger partial charge in [-0.2, -0.15) is 0 Å². The van der Waals surface area contributed by atoms with Crippen LogP contribution in [0.5, 0.6) is 0 Å². The first-order valence-electron chi connectivity index (χ1n) is 1.40. The lowest BCUT2D eigenvalue weighted by molar-refractivity contribution is -0.105. The number of hydrogen-bond donors (Lipinski definition) is 0. The van der Waals surface area contributed by atoms with Crippen molar-refractivity contribution in [1.29, 1.82) is 0 Å². The summed E-state index contributed by atoms with van der Waals surface area (Å²) in [6.45, 7) is 0. The molecule has 0 radical (unpaired) electrons. The lowest BCUT2D eigenvalue weighted by Gasteiger charge is -1.69. The molecule has 0 bridgehead atoms. The van der Waals surface area contributed by atoms with E-state index in [9.17, 15) is 9.59 Å². The van der Waals surface area contributed by atoms with Gasteiger partial charge in [-0.1, -0.05) is 11.8 Å². The van der Waals surface area contributed by atoms with Crippen LogP contribution >= 0.6 is 11.8 Å². The minimum absolute atomic E-state index is 0.281. The minimum Gasteiger partial charge on any atom is -0.302 e. The molecule has 0 N–H and O–H groups in total. The Hall–Kier alpha value is -0.310. The molecule has 0 atom stereocenters. The Morgan fingerprint density at radius 3 is 2.33 bits per heavy atom. The summed E-state index contributed by atoms with van der Waals surface area (Å²) in [5, 5.41) is 0. The van der Waals surface area contributed by atoms with Crippen molar-refractivity contribution in [3.8, 4) is 0 Å². The van der Waals surface area contributed by atoms with Crippen LogP contribution in [-0.2, 0) is 9.59 Å². The summed E-state index contributed by atoms with van der Waals surface area (Å²) in [6.07, 6.45) is 0.694. The van der Waals surface area contributed by atoms with Crippen LogP contribution in [0, 0.1) is 0 Å². The SMILES string of the molecule is O=CCSC=O. The van der Waals surface area contributed by atoms with Crippen molar-refractivity contribution in [2.45, 2.75) is 0 Å². The first kappa shape index (κ1) is 5.69.